The third-order valence-corrected chi connectivity index (χ3v) is 6.39. The Balaban J connectivity index is 1.69. The van der Waals surface area contributed by atoms with Gasteiger partial charge in [0.25, 0.3) is 0 Å². The zero-order valence-electron chi connectivity index (χ0n) is 17.8. The van der Waals surface area contributed by atoms with E-state index < -0.39 is 12.1 Å². The Kier molecular flexibility index (Phi) is 5.71. The minimum absolute atomic E-state index is 0.0107. The molecule has 0 bridgehead atoms. The van der Waals surface area contributed by atoms with Crippen LogP contribution in [0.4, 0.5) is 5.82 Å². The maximum atomic E-state index is 12.7. The Labute approximate surface area is 176 Å². The van der Waals surface area contributed by atoms with Crippen LogP contribution in [0.25, 0.3) is 11.3 Å². The average molecular weight is 415 g/mol. The van der Waals surface area contributed by atoms with Crippen LogP contribution < -0.4 is 9.64 Å². The van der Waals surface area contributed by atoms with Gasteiger partial charge in [-0.15, -0.1) is 0 Å². The van der Waals surface area contributed by atoms with Crippen molar-refractivity contribution in [1.29, 1.82) is 0 Å². The van der Waals surface area contributed by atoms with Crippen molar-refractivity contribution in [2.24, 2.45) is 5.41 Å². The summed E-state index contributed by atoms with van der Waals surface area (Å²) in [6.07, 6.45) is 2.31. The van der Waals surface area contributed by atoms with E-state index in [9.17, 15) is 9.90 Å². The highest BCUT2D eigenvalue weighted by atomic mass is 16.5. The second-order valence-electron chi connectivity index (χ2n) is 8.47. The normalized spacial score (nSPS) is 21.6. The van der Waals surface area contributed by atoms with E-state index >= 15 is 0 Å². The lowest BCUT2D eigenvalue weighted by atomic mass is 9.71. The van der Waals surface area contributed by atoms with E-state index in [1.165, 1.54) is 7.11 Å². The third kappa shape index (κ3) is 3.89. The molecule has 1 atom stereocenters. The highest BCUT2D eigenvalue weighted by molar-refractivity contribution is 6.00. The molecule has 1 aromatic carbocycles. The Morgan fingerprint density at radius 1 is 1.23 bits per heavy atom. The SMILES string of the molecule is COC(=O)c1c(N2CC(O)CC3(CCN(C)CC3)C2)noc1-c1ccc(OC)cc1. The largest absolute Gasteiger partial charge is 0.497 e. The van der Waals surface area contributed by atoms with Crippen LogP contribution in [0.2, 0.25) is 0 Å². The van der Waals surface area contributed by atoms with E-state index in [2.05, 4.69) is 17.1 Å². The van der Waals surface area contributed by atoms with Crippen LogP contribution in [0, 0.1) is 5.41 Å². The van der Waals surface area contributed by atoms with Gasteiger partial charge in [-0.05, 0) is 69.1 Å². The maximum Gasteiger partial charge on any atom is 0.345 e. The Hall–Kier alpha value is -2.58. The molecule has 0 saturated carbocycles. The first-order chi connectivity index (χ1) is 14.4. The average Bonchev–Trinajstić information content (AvgIpc) is 3.20. The van der Waals surface area contributed by atoms with Gasteiger partial charge in [-0.1, -0.05) is 5.16 Å². The molecule has 0 amide bonds. The van der Waals surface area contributed by atoms with Crippen molar-refractivity contribution < 1.29 is 23.9 Å². The Morgan fingerprint density at radius 2 is 1.93 bits per heavy atom. The first kappa shape index (κ1) is 20.7. The van der Waals surface area contributed by atoms with Gasteiger partial charge >= 0.3 is 5.97 Å². The predicted molar refractivity (Wildman–Crippen MR) is 112 cm³/mol. The van der Waals surface area contributed by atoms with Gasteiger partial charge in [0.05, 0.1) is 20.3 Å². The second kappa shape index (κ2) is 8.28. The quantitative estimate of drug-likeness (QED) is 0.762. The topological polar surface area (TPSA) is 88.3 Å². The molecule has 2 aliphatic heterocycles. The minimum atomic E-state index is -0.505. The van der Waals surface area contributed by atoms with Gasteiger partial charge in [-0.3, -0.25) is 0 Å². The van der Waals surface area contributed by atoms with Crippen molar-refractivity contribution in [3.63, 3.8) is 0 Å². The molecule has 1 spiro atoms. The van der Waals surface area contributed by atoms with Crippen molar-refractivity contribution >= 4 is 11.8 Å². The van der Waals surface area contributed by atoms with Crippen LogP contribution in [0.5, 0.6) is 5.75 Å². The molecule has 1 aromatic heterocycles. The number of methoxy groups -OCH3 is 2. The molecule has 30 heavy (non-hydrogen) atoms. The fourth-order valence-corrected chi connectivity index (χ4v) is 4.69. The monoisotopic (exact) mass is 415 g/mol. The smallest absolute Gasteiger partial charge is 0.345 e. The Bertz CT molecular complexity index is 887. The van der Waals surface area contributed by atoms with Crippen LogP contribution in [0.3, 0.4) is 0 Å². The number of aliphatic hydroxyl groups excluding tert-OH is 1. The van der Waals surface area contributed by atoms with Gasteiger partial charge in [-0.25, -0.2) is 4.79 Å². The van der Waals surface area contributed by atoms with Crippen molar-refractivity contribution in [1.82, 2.24) is 10.1 Å². The molecule has 3 heterocycles. The van der Waals surface area contributed by atoms with Gasteiger partial charge in [0.15, 0.2) is 17.1 Å². The molecule has 0 radical (unpaired) electrons. The summed E-state index contributed by atoms with van der Waals surface area (Å²) in [6, 6.07) is 7.24. The highest BCUT2D eigenvalue weighted by Crippen LogP contribution is 2.42. The number of aliphatic hydroxyl groups is 1. The summed E-state index contributed by atoms with van der Waals surface area (Å²) >= 11 is 0. The molecule has 8 nitrogen and oxygen atoms in total. The molecular formula is C22H29N3O5. The molecule has 2 aliphatic rings. The number of aromatic nitrogens is 1. The van der Waals surface area contributed by atoms with Gasteiger partial charge in [-0.2, -0.15) is 0 Å². The summed E-state index contributed by atoms with van der Waals surface area (Å²) in [5.74, 6) is 0.998. The number of ether oxygens (including phenoxy) is 2. The third-order valence-electron chi connectivity index (χ3n) is 6.39. The first-order valence-corrected chi connectivity index (χ1v) is 10.3. The van der Waals surface area contributed by atoms with Gasteiger partial charge in [0, 0.05) is 18.7 Å². The minimum Gasteiger partial charge on any atom is -0.497 e. The number of hydrogen-bond donors (Lipinski definition) is 1. The number of nitrogens with zero attached hydrogens (tertiary/aromatic N) is 3. The standard InChI is InChI=1S/C22H29N3O5/c1-24-10-8-22(9-11-24)12-16(26)13-25(14-22)20-18(21(27)29-3)19(30-23-20)15-4-6-17(28-2)7-5-15/h4-7,16,26H,8-14H2,1-3H3. The summed E-state index contributed by atoms with van der Waals surface area (Å²) < 4.78 is 15.9. The van der Waals surface area contributed by atoms with E-state index in [-0.39, 0.29) is 5.41 Å². The molecule has 1 N–H and O–H groups in total. The van der Waals surface area contributed by atoms with Gasteiger partial charge in [0.1, 0.15) is 5.75 Å². The van der Waals surface area contributed by atoms with Gasteiger partial charge in [0.2, 0.25) is 0 Å². The fraction of sp³-hybridized carbons (Fsp3) is 0.545. The van der Waals surface area contributed by atoms with E-state index in [1.54, 1.807) is 19.2 Å². The number of β-amino-alcohol motifs (C(OH)–C–C–N with tert-alkyl or cyclic N) is 1. The van der Waals surface area contributed by atoms with Crippen LogP contribution in [-0.2, 0) is 4.74 Å². The van der Waals surface area contributed by atoms with Crippen molar-refractivity contribution in [2.75, 3.05) is 52.3 Å². The zero-order valence-corrected chi connectivity index (χ0v) is 17.8. The number of benzene rings is 1. The number of hydrogen-bond acceptors (Lipinski definition) is 8. The molecule has 2 saturated heterocycles. The zero-order chi connectivity index (χ0) is 21.3. The van der Waals surface area contributed by atoms with Crippen molar-refractivity contribution in [3.05, 3.63) is 29.8 Å². The number of rotatable bonds is 4. The van der Waals surface area contributed by atoms with Gasteiger partial charge < -0.3 is 28.9 Å². The lowest BCUT2D eigenvalue weighted by molar-refractivity contribution is 0.0321. The van der Waals surface area contributed by atoms with Crippen molar-refractivity contribution in [3.8, 4) is 17.1 Å². The van der Waals surface area contributed by atoms with E-state index in [4.69, 9.17) is 14.0 Å². The van der Waals surface area contributed by atoms with E-state index in [1.807, 2.05) is 17.0 Å². The summed E-state index contributed by atoms with van der Waals surface area (Å²) in [5, 5.41) is 14.9. The molecule has 162 valence electrons. The number of piperidine rings is 2. The lowest BCUT2D eigenvalue weighted by Crippen LogP contribution is -2.53. The number of esters is 1. The van der Waals surface area contributed by atoms with Crippen LogP contribution in [0.1, 0.15) is 29.6 Å². The predicted octanol–water partition coefficient (Wildman–Crippen LogP) is 2.42. The summed E-state index contributed by atoms with van der Waals surface area (Å²) in [7, 11) is 5.07. The van der Waals surface area contributed by atoms with Crippen LogP contribution in [0.15, 0.2) is 28.8 Å². The number of likely N-dealkylation sites (tertiary alicyclic amines) is 1. The molecule has 8 heteroatoms. The number of carbonyl (C=O) groups excluding carboxylic acids is 1. The molecule has 2 aromatic rings. The van der Waals surface area contributed by atoms with Crippen molar-refractivity contribution in [2.45, 2.75) is 25.4 Å². The second-order valence-corrected chi connectivity index (χ2v) is 8.47. The summed E-state index contributed by atoms with van der Waals surface area (Å²) in [5.41, 5.74) is 1.01. The van der Waals surface area contributed by atoms with Crippen LogP contribution in [-0.4, -0.2) is 74.7 Å². The first-order valence-electron chi connectivity index (χ1n) is 10.3. The van der Waals surface area contributed by atoms with Crippen LogP contribution >= 0.6 is 0 Å². The van der Waals surface area contributed by atoms with E-state index in [0.29, 0.717) is 35.0 Å². The van der Waals surface area contributed by atoms with E-state index in [0.717, 1.165) is 38.9 Å². The summed E-state index contributed by atoms with van der Waals surface area (Å²) in [4.78, 5) is 17.0. The lowest BCUT2D eigenvalue weighted by Gasteiger charge is -2.48. The highest BCUT2D eigenvalue weighted by Gasteiger charge is 2.43. The molecule has 4 rings (SSSR count). The fourth-order valence-electron chi connectivity index (χ4n) is 4.69. The maximum absolute atomic E-state index is 12.7. The molecular weight excluding hydrogens is 386 g/mol. The summed E-state index contributed by atoms with van der Waals surface area (Å²) in [6.45, 7) is 3.15. The number of carbonyl (C=O) groups is 1. The number of anilines is 1. The molecule has 0 aliphatic carbocycles. The molecule has 2 fully saturated rings. The molecule has 1 unspecified atom stereocenters. The Morgan fingerprint density at radius 3 is 2.57 bits per heavy atom.